The average molecular weight is 548 g/mol. The molecule has 30 heavy (non-hydrogen) atoms. The van der Waals surface area contributed by atoms with E-state index in [-0.39, 0.29) is 24.0 Å². The lowest BCUT2D eigenvalue weighted by molar-refractivity contribution is 0.354. The van der Waals surface area contributed by atoms with Crippen LogP contribution in [0, 0.1) is 5.92 Å². The van der Waals surface area contributed by atoms with Crippen molar-refractivity contribution in [3.63, 3.8) is 0 Å². The van der Waals surface area contributed by atoms with Gasteiger partial charge >= 0.3 is 0 Å². The maximum absolute atomic E-state index is 6.00. The number of hydrogen-bond donors (Lipinski definition) is 2. The van der Waals surface area contributed by atoms with Gasteiger partial charge in [0, 0.05) is 19.5 Å². The van der Waals surface area contributed by atoms with Crippen LogP contribution in [0.3, 0.4) is 0 Å². The smallest absolute Gasteiger partial charge is 0.190 e. The molecular formula is C20H33IN6O2S. The van der Waals surface area contributed by atoms with Gasteiger partial charge in [-0.3, -0.25) is 0 Å². The molecule has 0 saturated heterocycles. The number of benzene rings is 1. The summed E-state index contributed by atoms with van der Waals surface area (Å²) in [5.41, 5.74) is 6.99. The first kappa shape index (κ1) is 26.3. The molecule has 0 amide bonds. The molecule has 0 bridgehead atoms. The fourth-order valence-electron chi connectivity index (χ4n) is 2.88. The van der Waals surface area contributed by atoms with Gasteiger partial charge in [-0.2, -0.15) is 0 Å². The second kappa shape index (κ2) is 13.6. The Morgan fingerprint density at radius 3 is 2.60 bits per heavy atom. The zero-order valence-corrected chi connectivity index (χ0v) is 21.5. The van der Waals surface area contributed by atoms with Crippen LogP contribution in [-0.4, -0.2) is 47.7 Å². The van der Waals surface area contributed by atoms with E-state index in [9.17, 15) is 0 Å². The fourth-order valence-corrected chi connectivity index (χ4v) is 3.40. The minimum Gasteiger partial charge on any atom is -0.493 e. The van der Waals surface area contributed by atoms with Crippen LogP contribution in [0.15, 0.2) is 28.3 Å². The van der Waals surface area contributed by atoms with Crippen molar-refractivity contribution >= 4 is 41.7 Å². The molecule has 8 nitrogen and oxygen atoms in total. The van der Waals surface area contributed by atoms with Crippen LogP contribution in [0.25, 0.3) is 0 Å². The van der Waals surface area contributed by atoms with E-state index in [4.69, 9.17) is 15.2 Å². The standard InChI is InChI=1S/C20H32N6O2S.HI/c1-14(2)13-26-18(24-25-20(26)29-5)7-6-10-22-19(21)23-12-15-8-9-16(27-3)17(11-15)28-4;/h8-9,11,14H,6-7,10,12-13H2,1-5H3,(H3,21,22,23);1H. The van der Waals surface area contributed by atoms with Crippen molar-refractivity contribution in [3.8, 4) is 11.5 Å². The summed E-state index contributed by atoms with van der Waals surface area (Å²) in [5, 5.41) is 12.8. The normalized spacial score (nSPS) is 11.3. The number of halogens is 1. The summed E-state index contributed by atoms with van der Waals surface area (Å²) < 4.78 is 12.8. The van der Waals surface area contributed by atoms with Crippen molar-refractivity contribution in [2.24, 2.45) is 16.6 Å². The molecule has 0 radical (unpaired) electrons. The van der Waals surface area contributed by atoms with Gasteiger partial charge in [-0.1, -0.05) is 31.7 Å². The van der Waals surface area contributed by atoms with E-state index in [1.807, 2.05) is 24.5 Å². The molecule has 168 valence electrons. The monoisotopic (exact) mass is 548 g/mol. The Morgan fingerprint density at radius 2 is 1.97 bits per heavy atom. The van der Waals surface area contributed by atoms with Crippen molar-refractivity contribution in [3.05, 3.63) is 29.6 Å². The molecule has 0 unspecified atom stereocenters. The third-order valence-corrected chi connectivity index (χ3v) is 4.95. The predicted molar refractivity (Wildman–Crippen MR) is 133 cm³/mol. The zero-order chi connectivity index (χ0) is 21.2. The summed E-state index contributed by atoms with van der Waals surface area (Å²) in [4.78, 5) is 4.39. The van der Waals surface area contributed by atoms with Crippen molar-refractivity contribution in [1.29, 1.82) is 0 Å². The molecule has 0 aliphatic carbocycles. The predicted octanol–water partition coefficient (Wildman–Crippen LogP) is 3.33. The number of aryl methyl sites for hydroxylation is 1. The Labute approximate surface area is 200 Å². The van der Waals surface area contributed by atoms with Gasteiger partial charge in [-0.05, 0) is 36.3 Å². The fraction of sp³-hybridized carbons (Fsp3) is 0.550. The van der Waals surface area contributed by atoms with Crippen LogP contribution in [0.5, 0.6) is 11.5 Å². The second-order valence-corrected chi connectivity index (χ2v) is 7.80. The molecule has 3 N–H and O–H groups in total. The molecule has 0 aliphatic heterocycles. The van der Waals surface area contributed by atoms with E-state index >= 15 is 0 Å². The molecule has 0 atom stereocenters. The van der Waals surface area contributed by atoms with Gasteiger partial charge in [0.15, 0.2) is 22.6 Å². The Morgan fingerprint density at radius 1 is 1.23 bits per heavy atom. The van der Waals surface area contributed by atoms with Crippen molar-refractivity contribution in [2.75, 3.05) is 27.0 Å². The van der Waals surface area contributed by atoms with E-state index < -0.39 is 0 Å². The number of guanidine groups is 1. The van der Waals surface area contributed by atoms with Crippen molar-refractivity contribution < 1.29 is 9.47 Å². The van der Waals surface area contributed by atoms with Crippen LogP contribution < -0.4 is 20.5 Å². The first-order valence-electron chi connectivity index (χ1n) is 9.69. The Kier molecular flexibility index (Phi) is 11.9. The van der Waals surface area contributed by atoms with Gasteiger partial charge in [-0.15, -0.1) is 34.2 Å². The van der Waals surface area contributed by atoms with E-state index in [1.54, 1.807) is 26.0 Å². The Balaban J connectivity index is 0.00000450. The van der Waals surface area contributed by atoms with Gasteiger partial charge in [0.1, 0.15) is 5.82 Å². The maximum Gasteiger partial charge on any atom is 0.190 e. The summed E-state index contributed by atoms with van der Waals surface area (Å²) in [6.45, 7) is 6.53. The van der Waals surface area contributed by atoms with Gasteiger partial charge in [-0.25, -0.2) is 4.99 Å². The number of aromatic nitrogens is 3. The molecule has 2 rings (SSSR count). The number of nitrogens with one attached hydrogen (secondary N) is 1. The lowest BCUT2D eigenvalue weighted by Gasteiger charge is -2.12. The minimum atomic E-state index is 0. The molecule has 1 heterocycles. The second-order valence-electron chi connectivity index (χ2n) is 7.03. The number of hydrogen-bond acceptors (Lipinski definition) is 6. The molecule has 0 spiro atoms. The highest BCUT2D eigenvalue weighted by atomic mass is 127. The summed E-state index contributed by atoms with van der Waals surface area (Å²) in [5.74, 6) is 3.37. The average Bonchev–Trinajstić information content (AvgIpc) is 3.10. The first-order chi connectivity index (χ1) is 14.0. The number of rotatable bonds is 11. The molecule has 0 saturated carbocycles. The summed E-state index contributed by atoms with van der Waals surface area (Å²) in [6, 6.07) is 5.72. The highest BCUT2D eigenvalue weighted by Gasteiger charge is 2.12. The topological polar surface area (TPSA) is 99.6 Å². The van der Waals surface area contributed by atoms with Crippen LogP contribution in [0.2, 0.25) is 0 Å². The number of aliphatic imine (C=N–C) groups is 1. The summed E-state index contributed by atoms with van der Waals surface area (Å²) >= 11 is 1.63. The van der Waals surface area contributed by atoms with Crippen molar-refractivity contribution in [2.45, 2.75) is 44.9 Å². The van der Waals surface area contributed by atoms with Crippen molar-refractivity contribution in [1.82, 2.24) is 20.1 Å². The zero-order valence-electron chi connectivity index (χ0n) is 18.3. The van der Waals surface area contributed by atoms with Gasteiger partial charge < -0.3 is 25.1 Å². The highest BCUT2D eigenvalue weighted by Crippen LogP contribution is 2.27. The number of methoxy groups -OCH3 is 2. The molecule has 2 aromatic rings. The molecular weight excluding hydrogens is 515 g/mol. The number of nitrogens with zero attached hydrogens (tertiary/aromatic N) is 4. The van der Waals surface area contributed by atoms with Crippen LogP contribution >= 0.6 is 35.7 Å². The first-order valence-corrected chi connectivity index (χ1v) is 10.9. The third kappa shape index (κ3) is 7.86. The van der Waals surface area contributed by atoms with E-state index in [0.29, 0.717) is 29.9 Å². The van der Waals surface area contributed by atoms with E-state index in [2.05, 4.69) is 38.9 Å². The molecule has 10 heteroatoms. The molecule has 1 aromatic heterocycles. The van der Waals surface area contributed by atoms with Crippen LogP contribution in [0.1, 0.15) is 31.7 Å². The Bertz CT molecular complexity index is 813. The van der Waals surface area contributed by atoms with E-state index in [1.165, 1.54) is 0 Å². The van der Waals surface area contributed by atoms with Gasteiger partial charge in [0.2, 0.25) is 0 Å². The largest absolute Gasteiger partial charge is 0.493 e. The highest BCUT2D eigenvalue weighted by molar-refractivity contribution is 14.0. The van der Waals surface area contributed by atoms with Crippen LogP contribution in [0.4, 0.5) is 0 Å². The lowest BCUT2D eigenvalue weighted by Crippen LogP contribution is -2.32. The number of nitrogens with two attached hydrogens (primary N) is 1. The number of thioether (sulfide) groups is 1. The lowest BCUT2D eigenvalue weighted by atomic mass is 10.2. The maximum atomic E-state index is 6.00. The van der Waals surface area contributed by atoms with E-state index in [0.717, 1.165) is 42.5 Å². The van der Waals surface area contributed by atoms with Gasteiger partial charge in [0.25, 0.3) is 0 Å². The minimum absolute atomic E-state index is 0. The SMILES string of the molecule is COc1ccc(CN=C(N)NCCCc2nnc(SC)n2CC(C)C)cc1OC.I. The summed E-state index contributed by atoms with van der Waals surface area (Å²) in [6.07, 6.45) is 3.77. The Hall–Kier alpha value is -1.69. The molecule has 1 aromatic carbocycles. The van der Waals surface area contributed by atoms with Crippen LogP contribution in [-0.2, 0) is 19.5 Å². The quantitative estimate of drug-likeness (QED) is 0.146. The summed E-state index contributed by atoms with van der Waals surface area (Å²) in [7, 11) is 3.23. The molecule has 0 aliphatic rings. The molecule has 0 fully saturated rings. The third-order valence-electron chi connectivity index (χ3n) is 4.29. The number of ether oxygens (including phenoxy) is 2. The van der Waals surface area contributed by atoms with Gasteiger partial charge in [0.05, 0.1) is 20.8 Å².